The fourth-order valence-corrected chi connectivity index (χ4v) is 9.96. The first-order valence-corrected chi connectivity index (χ1v) is 31.9. The van der Waals surface area contributed by atoms with Gasteiger partial charge in [0.1, 0.15) is 24.4 Å². The normalized spacial score (nSPS) is 19.4. The highest BCUT2D eigenvalue weighted by Crippen LogP contribution is 2.26. The summed E-state index contributed by atoms with van der Waals surface area (Å²) in [6.45, 7) is 5.69. The predicted molar refractivity (Wildman–Crippen MR) is 315 cm³/mol. The Bertz CT molecular complexity index is 1420. The maximum Gasteiger partial charge on any atom is 0.306 e. The second kappa shape index (κ2) is 53.3. The Balaban J connectivity index is 2.66. The number of ether oxygens (including phenoxy) is 3. The number of unbranched alkanes of at least 4 members (excludes halogenated alkanes) is 34. The van der Waals surface area contributed by atoms with Gasteiger partial charge in [0, 0.05) is 6.42 Å². The summed E-state index contributed by atoms with van der Waals surface area (Å²) in [5.41, 5.74) is 0. The fourth-order valence-electron chi connectivity index (χ4n) is 9.96. The van der Waals surface area contributed by atoms with Crippen LogP contribution in [0.2, 0.25) is 0 Å². The Morgan fingerprint density at radius 2 is 0.947 bits per heavy atom. The van der Waals surface area contributed by atoms with Gasteiger partial charge >= 0.3 is 5.97 Å². The van der Waals surface area contributed by atoms with Crippen LogP contribution in [-0.4, -0.2) is 99.6 Å². The van der Waals surface area contributed by atoms with E-state index >= 15 is 0 Å². The summed E-state index contributed by atoms with van der Waals surface area (Å²) in [5.74, 6) is -1.21. The third-order valence-corrected chi connectivity index (χ3v) is 15.0. The summed E-state index contributed by atoms with van der Waals surface area (Å²) in [6, 6.07) is -1.03. The molecule has 0 aromatic rings. The Morgan fingerprint density at radius 3 is 1.42 bits per heavy atom. The quantitative estimate of drug-likeness (QED) is 0.0195. The number of aliphatic hydroxyl groups is 5. The van der Waals surface area contributed by atoms with Crippen LogP contribution in [-0.2, 0) is 23.8 Å². The molecule has 0 aliphatic carbocycles. The molecule has 11 nitrogen and oxygen atoms in total. The van der Waals surface area contributed by atoms with Crippen LogP contribution in [0.15, 0.2) is 48.6 Å². The van der Waals surface area contributed by atoms with Crippen LogP contribution in [0.3, 0.4) is 0 Å². The molecule has 0 spiro atoms. The van der Waals surface area contributed by atoms with E-state index in [0.29, 0.717) is 19.3 Å². The predicted octanol–water partition coefficient (Wildman–Crippen LogP) is 15.2. The molecule has 8 unspecified atom stereocenters. The molecule has 1 aliphatic heterocycles. The van der Waals surface area contributed by atoms with Gasteiger partial charge in [-0.3, -0.25) is 9.59 Å². The van der Waals surface area contributed by atoms with E-state index in [2.05, 4.69) is 62.5 Å². The van der Waals surface area contributed by atoms with Crippen LogP contribution in [0.1, 0.15) is 290 Å². The van der Waals surface area contributed by atoms with Gasteiger partial charge in [-0.1, -0.05) is 275 Å². The minimum absolute atomic E-state index is 0.0985. The van der Waals surface area contributed by atoms with Gasteiger partial charge in [0.2, 0.25) is 5.91 Å². The summed E-state index contributed by atoms with van der Waals surface area (Å²) < 4.78 is 17.6. The number of allylic oxidation sites excluding steroid dienone is 7. The van der Waals surface area contributed by atoms with E-state index in [1.54, 1.807) is 6.08 Å². The van der Waals surface area contributed by atoms with Crippen molar-refractivity contribution in [2.75, 3.05) is 13.2 Å². The maximum absolute atomic E-state index is 13.4. The highest BCUT2D eigenvalue weighted by Gasteiger charge is 2.47. The first kappa shape index (κ1) is 71.6. The number of carbonyl (C=O) groups is 2. The molecule has 444 valence electrons. The molecule has 1 fully saturated rings. The largest absolute Gasteiger partial charge is 0.454 e. The number of hydrogen-bond acceptors (Lipinski definition) is 10. The zero-order chi connectivity index (χ0) is 55.4. The molecular weight excluding hydrogens is 955 g/mol. The molecular formula is C65H119NO10. The molecule has 0 bridgehead atoms. The van der Waals surface area contributed by atoms with E-state index < -0.39 is 67.4 Å². The standard InChI is InChI=1S/C65H119NO10/c1-4-7-10-13-16-19-22-25-27-28-29-30-31-32-34-37-40-43-46-49-52-58(69)64(73)66-56(57(68)51-48-45-42-39-36-33-24-21-18-15-12-9-6-3)55-74-65-63(62(72)61(71)59(54-67)75-65)76-60(70)53-50-47-44-41-38-35-26-23-20-17-14-11-8-5-2/h8,11,17,20,26,35,48,51,56-59,61-63,65,67-69,71-72H,4-7,9-10,12-16,18-19,21-25,27-34,36-47,49-50,52-55H2,1-3H3,(H,66,73)/b11-8+,20-17+,35-26+,51-48+. The minimum atomic E-state index is -1.62. The summed E-state index contributed by atoms with van der Waals surface area (Å²) in [7, 11) is 0. The smallest absolute Gasteiger partial charge is 0.306 e. The maximum atomic E-state index is 13.4. The third-order valence-electron chi connectivity index (χ3n) is 15.0. The van der Waals surface area contributed by atoms with Crippen molar-refractivity contribution in [1.82, 2.24) is 5.32 Å². The van der Waals surface area contributed by atoms with Gasteiger partial charge in [-0.2, -0.15) is 0 Å². The van der Waals surface area contributed by atoms with Gasteiger partial charge in [-0.25, -0.2) is 0 Å². The van der Waals surface area contributed by atoms with Crippen LogP contribution in [0.25, 0.3) is 0 Å². The minimum Gasteiger partial charge on any atom is -0.454 e. The van der Waals surface area contributed by atoms with Gasteiger partial charge in [0.15, 0.2) is 12.4 Å². The van der Waals surface area contributed by atoms with Gasteiger partial charge in [0.05, 0.1) is 25.4 Å². The molecule has 8 atom stereocenters. The van der Waals surface area contributed by atoms with Gasteiger partial charge in [-0.05, 0) is 57.8 Å². The van der Waals surface area contributed by atoms with Crippen molar-refractivity contribution >= 4 is 11.9 Å². The Morgan fingerprint density at radius 1 is 0.526 bits per heavy atom. The second-order valence-corrected chi connectivity index (χ2v) is 22.1. The van der Waals surface area contributed by atoms with Gasteiger partial charge < -0.3 is 45.1 Å². The molecule has 6 N–H and O–H groups in total. The van der Waals surface area contributed by atoms with Crippen molar-refractivity contribution in [3.8, 4) is 0 Å². The van der Waals surface area contributed by atoms with E-state index in [1.165, 1.54) is 161 Å². The van der Waals surface area contributed by atoms with Crippen LogP contribution in [0.4, 0.5) is 0 Å². The van der Waals surface area contributed by atoms with E-state index in [1.807, 2.05) is 6.08 Å². The van der Waals surface area contributed by atoms with E-state index in [9.17, 15) is 35.1 Å². The number of aliphatic hydroxyl groups excluding tert-OH is 5. The molecule has 0 aromatic carbocycles. The molecule has 11 heteroatoms. The zero-order valence-corrected chi connectivity index (χ0v) is 49.1. The van der Waals surface area contributed by atoms with Gasteiger partial charge in [0.25, 0.3) is 0 Å². The number of amides is 1. The lowest BCUT2D eigenvalue weighted by molar-refractivity contribution is -0.305. The Kier molecular flexibility index (Phi) is 50.2. The van der Waals surface area contributed by atoms with Crippen LogP contribution in [0.5, 0.6) is 0 Å². The van der Waals surface area contributed by atoms with E-state index in [0.717, 1.165) is 83.5 Å². The van der Waals surface area contributed by atoms with E-state index in [-0.39, 0.29) is 13.0 Å². The molecule has 0 aromatic heterocycles. The Labute approximate surface area is 466 Å². The lowest BCUT2D eigenvalue weighted by atomic mass is 9.99. The molecule has 1 heterocycles. The summed E-state index contributed by atoms with van der Waals surface area (Å²) in [6.07, 6.45) is 54.4. The first-order valence-electron chi connectivity index (χ1n) is 31.9. The number of esters is 1. The first-order chi connectivity index (χ1) is 37.2. The molecule has 1 amide bonds. The van der Waals surface area contributed by atoms with Crippen molar-refractivity contribution in [3.05, 3.63) is 48.6 Å². The molecule has 0 saturated carbocycles. The summed E-state index contributed by atoms with van der Waals surface area (Å²) in [4.78, 5) is 26.5. The van der Waals surface area contributed by atoms with Crippen molar-refractivity contribution in [3.63, 3.8) is 0 Å². The highest BCUT2D eigenvalue weighted by atomic mass is 16.7. The number of carbonyl (C=O) groups excluding carboxylic acids is 2. The summed E-state index contributed by atoms with van der Waals surface area (Å²) >= 11 is 0. The monoisotopic (exact) mass is 1070 g/mol. The SMILES string of the molecule is CC/C=C/C/C=C/C/C=C/CCCCCCC(=O)OC1C(OCC(NC(=O)C(O)CCCCCCCCCCCCCCCCCCCCCC)C(O)/C=C/CCCCCCCCCCCCC)OC(CO)C(O)C1O. The molecule has 1 rings (SSSR count). The van der Waals surface area contributed by atoms with Crippen LogP contribution < -0.4 is 5.32 Å². The average Bonchev–Trinajstić information content (AvgIpc) is 3.42. The second-order valence-electron chi connectivity index (χ2n) is 22.1. The lowest BCUT2D eigenvalue weighted by Crippen LogP contribution is -2.61. The lowest BCUT2D eigenvalue weighted by Gasteiger charge is -2.41. The molecule has 76 heavy (non-hydrogen) atoms. The number of nitrogens with one attached hydrogen (secondary N) is 1. The molecule has 1 aliphatic rings. The Hall–Kier alpha value is -2.38. The molecule has 1 saturated heterocycles. The molecule has 0 radical (unpaired) electrons. The number of hydrogen-bond donors (Lipinski definition) is 6. The van der Waals surface area contributed by atoms with Gasteiger partial charge in [-0.15, -0.1) is 0 Å². The van der Waals surface area contributed by atoms with Crippen LogP contribution >= 0.6 is 0 Å². The number of rotatable bonds is 54. The fraction of sp³-hybridized carbons (Fsp3) is 0.846. The average molecular weight is 1070 g/mol. The topological polar surface area (TPSA) is 175 Å². The zero-order valence-electron chi connectivity index (χ0n) is 49.1. The van der Waals surface area contributed by atoms with Crippen molar-refractivity contribution in [2.24, 2.45) is 0 Å². The van der Waals surface area contributed by atoms with Crippen molar-refractivity contribution in [1.29, 1.82) is 0 Å². The van der Waals surface area contributed by atoms with Crippen molar-refractivity contribution in [2.45, 2.75) is 339 Å². The van der Waals surface area contributed by atoms with E-state index in [4.69, 9.17) is 14.2 Å². The highest BCUT2D eigenvalue weighted by molar-refractivity contribution is 5.80. The van der Waals surface area contributed by atoms with Crippen molar-refractivity contribution < 1.29 is 49.3 Å². The summed E-state index contributed by atoms with van der Waals surface area (Å²) in [5, 5.41) is 57.0. The third kappa shape index (κ3) is 40.8. The van der Waals surface area contributed by atoms with Crippen LogP contribution in [0, 0.1) is 0 Å².